The van der Waals surface area contributed by atoms with Crippen LogP contribution in [-0.2, 0) is 16.1 Å². The van der Waals surface area contributed by atoms with Gasteiger partial charge in [-0.2, -0.15) is 0 Å². The predicted molar refractivity (Wildman–Crippen MR) is 86.8 cm³/mol. The highest BCUT2D eigenvalue weighted by Crippen LogP contribution is 2.20. The first-order valence-electron chi connectivity index (χ1n) is 7.65. The van der Waals surface area contributed by atoms with E-state index in [1.165, 1.54) is 0 Å². The number of rotatable bonds is 6. The smallest absolute Gasteiger partial charge is 0.0814 e. The second-order valence-corrected chi connectivity index (χ2v) is 7.17. The van der Waals surface area contributed by atoms with E-state index in [1.807, 2.05) is 24.3 Å². The molecule has 1 aliphatic rings. The topological polar surface area (TPSA) is 30.5 Å². The van der Waals surface area contributed by atoms with Crippen molar-refractivity contribution < 1.29 is 9.47 Å². The van der Waals surface area contributed by atoms with Crippen molar-refractivity contribution in [3.63, 3.8) is 0 Å². The zero-order valence-electron chi connectivity index (χ0n) is 13.2. The number of hydrogen-bond acceptors (Lipinski definition) is 3. The molecule has 1 saturated heterocycles. The predicted octanol–water partition coefficient (Wildman–Crippen LogP) is 3.79. The van der Waals surface area contributed by atoms with E-state index >= 15 is 0 Å². The summed E-state index contributed by atoms with van der Waals surface area (Å²) in [6.07, 6.45) is 2.73. The average molecular weight is 312 g/mol. The van der Waals surface area contributed by atoms with Crippen LogP contribution >= 0.6 is 11.6 Å². The number of ether oxygens (including phenoxy) is 2. The van der Waals surface area contributed by atoms with Crippen molar-refractivity contribution in [2.45, 2.75) is 58.0 Å². The molecule has 1 fully saturated rings. The van der Waals surface area contributed by atoms with Crippen LogP contribution in [0, 0.1) is 0 Å². The largest absolute Gasteiger partial charge is 0.374 e. The van der Waals surface area contributed by atoms with E-state index in [0.717, 1.165) is 30.0 Å². The van der Waals surface area contributed by atoms with Crippen molar-refractivity contribution in [1.29, 1.82) is 0 Å². The van der Waals surface area contributed by atoms with Gasteiger partial charge in [0.05, 0.1) is 25.4 Å². The Morgan fingerprint density at radius 1 is 1.19 bits per heavy atom. The summed E-state index contributed by atoms with van der Waals surface area (Å²) < 4.78 is 11.8. The standard InChI is InChI=1S/C17H26ClNO2/c1-17(2,3)19-10-15-8-9-16(21-15)12-20-11-13-4-6-14(18)7-5-13/h4-7,15-16,19H,8-12H2,1-3H3. The van der Waals surface area contributed by atoms with E-state index in [-0.39, 0.29) is 11.6 Å². The van der Waals surface area contributed by atoms with E-state index < -0.39 is 0 Å². The summed E-state index contributed by atoms with van der Waals surface area (Å²) in [6.45, 7) is 8.71. The fourth-order valence-corrected chi connectivity index (χ4v) is 2.49. The van der Waals surface area contributed by atoms with Gasteiger partial charge in [0, 0.05) is 17.1 Å². The van der Waals surface area contributed by atoms with Crippen molar-refractivity contribution in [1.82, 2.24) is 5.32 Å². The lowest BCUT2D eigenvalue weighted by Crippen LogP contribution is -2.41. The van der Waals surface area contributed by atoms with Crippen LogP contribution in [0.4, 0.5) is 0 Å². The maximum absolute atomic E-state index is 6.01. The van der Waals surface area contributed by atoms with Crippen molar-refractivity contribution in [3.05, 3.63) is 34.9 Å². The highest BCUT2D eigenvalue weighted by molar-refractivity contribution is 6.30. The van der Waals surface area contributed by atoms with Crippen LogP contribution in [0.5, 0.6) is 0 Å². The van der Waals surface area contributed by atoms with Crippen LogP contribution in [0.2, 0.25) is 5.02 Å². The highest BCUT2D eigenvalue weighted by Gasteiger charge is 2.26. The van der Waals surface area contributed by atoms with Crippen LogP contribution < -0.4 is 5.32 Å². The number of benzene rings is 1. The molecular formula is C17H26ClNO2. The molecule has 0 aliphatic carbocycles. The molecule has 4 heteroatoms. The third-order valence-corrected chi connectivity index (χ3v) is 3.79. The van der Waals surface area contributed by atoms with E-state index in [2.05, 4.69) is 26.1 Å². The third kappa shape index (κ3) is 6.35. The summed E-state index contributed by atoms with van der Waals surface area (Å²) in [6, 6.07) is 7.77. The second kappa shape index (κ2) is 7.59. The molecule has 3 nitrogen and oxygen atoms in total. The molecule has 2 rings (SSSR count). The van der Waals surface area contributed by atoms with Gasteiger partial charge < -0.3 is 14.8 Å². The van der Waals surface area contributed by atoms with Crippen LogP contribution in [-0.4, -0.2) is 30.9 Å². The Hall–Kier alpha value is -0.610. The minimum atomic E-state index is 0.145. The Bertz CT molecular complexity index is 427. The Morgan fingerprint density at radius 2 is 1.86 bits per heavy atom. The summed E-state index contributed by atoms with van der Waals surface area (Å²) in [4.78, 5) is 0. The maximum Gasteiger partial charge on any atom is 0.0814 e. The van der Waals surface area contributed by atoms with E-state index in [4.69, 9.17) is 21.1 Å². The first-order chi connectivity index (χ1) is 9.92. The Labute approximate surface area is 133 Å². The summed E-state index contributed by atoms with van der Waals surface area (Å²) in [5.41, 5.74) is 1.29. The van der Waals surface area contributed by atoms with Gasteiger partial charge in [0.15, 0.2) is 0 Å². The van der Waals surface area contributed by atoms with Crippen LogP contribution in [0.1, 0.15) is 39.2 Å². The Kier molecular flexibility index (Phi) is 6.06. The van der Waals surface area contributed by atoms with Crippen molar-refractivity contribution in [2.75, 3.05) is 13.2 Å². The fraction of sp³-hybridized carbons (Fsp3) is 0.647. The first kappa shape index (κ1) is 16.8. The molecule has 118 valence electrons. The molecule has 0 spiro atoms. The second-order valence-electron chi connectivity index (χ2n) is 6.73. The van der Waals surface area contributed by atoms with Gasteiger partial charge in [-0.25, -0.2) is 0 Å². The molecule has 1 aromatic rings. The molecule has 0 aromatic heterocycles. The van der Waals surface area contributed by atoms with E-state index in [1.54, 1.807) is 0 Å². The first-order valence-corrected chi connectivity index (χ1v) is 8.03. The van der Waals surface area contributed by atoms with Gasteiger partial charge in [0.25, 0.3) is 0 Å². The van der Waals surface area contributed by atoms with E-state index in [9.17, 15) is 0 Å². The minimum Gasteiger partial charge on any atom is -0.374 e. The van der Waals surface area contributed by atoms with Gasteiger partial charge in [0.1, 0.15) is 0 Å². The molecule has 2 unspecified atom stereocenters. The SMILES string of the molecule is CC(C)(C)NCC1CCC(COCc2ccc(Cl)cc2)O1. The van der Waals surface area contributed by atoms with Gasteiger partial charge in [0.2, 0.25) is 0 Å². The molecular weight excluding hydrogens is 286 g/mol. The zero-order chi connectivity index (χ0) is 15.3. The van der Waals surface area contributed by atoms with Gasteiger partial charge in [-0.1, -0.05) is 23.7 Å². The molecule has 1 aliphatic heterocycles. The van der Waals surface area contributed by atoms with Crippen molar-refractivity contribution in [2.24, 2.45) is 0 Å². The molecule has 0 saturated carbocycles. The minimum absolute atomic E-state index is 0.145. The van der Waals surface area contributed by atoms with Gasteiger partial charge in [-0.15, -0.1) is 0 Å². The van der Waals surface area contributed by atoms with Crippen molar-refractivity contribution in [3.8, 4) is 0 Å². The fourth-order valence-electron chi connectivity index (χ4n) is 2.36. The quantitative estimate of drug-likeness (QED) is 0.867. The Morgan fingerprint density at radius 3 is 2.52 bits per heavy atom. The number of hydrogen-bond donors (Lipinski definition) is 1. The van der Waals surface area contributed by atoms with Crippen molar-refractivity contribution >= 4 is 11.6 Å². The molecule has 0 bridgehead atoms. The van der Waals surface area contributed by atoms with Crippen LogP contribution in [0.25, 0.3) is 0 Å². The summed E-state index contributed by atoms with van der Waals surface area (Å²) in [5.74, 6) is 0. The molecule has 0 radical (unpaired) electrons. The van der Waals surface area contributed by atoms with Gasteiger partial charge >= 0.3 is 0 Å². The third-order valence-electron chi connectivity index (χ3n) is 3.54. The summed E-state index contributed by atoms with van der Waals surface area (Å²) in [7, 11) is 0. The summed E-state index contributed by atoms with van der Waals surface area (Å²) in [5, 5.41) is 4.25. The summed E-state index contributed by atoms with van der Waals surface area (Å²) >= 11 is 5.86. The number of halogens is 1. The molecule has 1 N–H and O–H groups in total. The molecule has 2 atom stereocenters. The lowest BCUT2D eigenvalue weighted by Gasteiger charge is -2.23. The lowest BCUT2D eigenvalue weighted by atomic mass is 10.1. The molecule has 0 amide bonds. The highest BCUT2D eigenvalue weighted by atomic mass is 35.5. The Balaban J connectivity index is 1.63. The average Bonchev–Trinajstić information content (AvgIpc) is 2.86. The normalized spacial score (nSPS) is 22.7. The maximum atomic E-state index is 6.01. The van der Waals surface area contributed by atoms with Gasteiger partial charge in [-0.3, -0.25) is 0 Å². The zero-order valence-corrected chi connectivity index (χ0v) is 14.0. The monoisotopic (exact) mass is 311 g/mol. The lowest BCUT2D eigenvalue weighted by molar-refractivity contribution is -0.0203. The number of nitrogens with one attached hydrogen (secondary N) is 1. The molecule has 1 aromatic carbocycles. The van der Waals surface area contributed by atoms with Crippen LogP contribution in [0.15, 0.2) is 24.3 Å². The molecule has 1 heterocycles. The van der Waals surface area contributed by atoms with E-state index in [0.29, 0.717) is 19.3 Å². The van der Waals surface area contributed by atoms with Crippen LogP contribution in [0.3, 0.4) is 0 Å². The van der Waals surface area contributed by atoms with Gasteiger partial charge in [-0.05, 0) is 51.3 Å². The molecule has 21 heavy (non-hydrogen) atoms.